The van der Waals surface area contributed by atoms with Crippen LogP contribution >= 0.6 is 0 Å². The molecule has 0 spiro atoms. The molecule has 1 N–H and O–H groups in total. The van der Waals surface area contributed by atoms with Crippen LogP contribution in [0.2, 0.25) is 0 Å². The molecule has 0 bridgehead atoms. The van der Waals surface area contributed by atoms with Gasteiger partial charge >= 0.3 is 0 Å². The van der Waals surface area contributed by atoms with E-state index in [2.05, 4.69) is 9.97 Å². The van der Waals surface area contributed by atoms with E-state index in [0.717, 1.165) is 28.0 Å². The summed E-state index contributed by atoms with van der Waals surface area (Å²) in [5, 5.41) is 10.4. The molecule has 3 aromatic rings. The summed E-state index contributed by atoms with van der Waals surface area (Å²) in [5.41, 5.74) is 2.79. The Morgan fingerprint density at radius 2 is 1.79 bits per heavy atom. The molecule has 4 heteroatoms. The minimum Gasteiger partial charge on any atom is -0.508 e. The van der Waals surface area contributed by atoms with Crippen LogP contribution in [-0.4, -0.2) is 29.2 Å². The van der Waals surface area contributed by atoms with Gasteiger partial charge in [0.25, 0.3) is 0 Å². The SMILES string of the molecule is CN(C)c1ccc(C=CC=Cc2ccc3cc(O)ccc3n2)cn1. The van der Waals surface area contributed by atoms with E-state index >= 15 is 0 Å². The van der Waals surface area contributed by atoms with Crippen molar-refractivity contribution in [2.24, 2.45) is 0 Å². The number of aromatic nitrogens is 2. The number of hydrogen-bond donors (Lipinski definition) is 1. The molecule has 0 atom stereocenters. The second-order valence-electron chi connectivity index (χ2n) is 5.68. The van der Waals surface area contributed by atoms with Gasteiger partial charge in [0, 0.05) is 25.7 Å². The summed E-state index contributed by atoms with van der Waals surface area (Å²) in [7, 11) is 3.94. The summed E-state index contributed by atoms with van der Waals surface area (Å²) < 4.78 is 0. The van der Waals surface area contributed by atoms with Gasteiger partial charge in [-0.2, -0.15) is 0 Å². The second-order valence-corrected chi connectivity index (χ2v) is 5.68. The van der Waals surface area contributed by atoms with Crippen molar-refractivity contribution in [1.29, 1.82) is 0 Å². The van der Waals surface area contributed by atoms with Gasteiger partial charge in [-0.15, -0.1) is 0 Å². The minimum absolute atomic E-state index is 0.254. The van der Waals surface area contributed by atoms with Crippen molar-refractivity contribution in [3.63, 3.8) is 0 Å². The third kappa shape index (κ3) is 3.79. The lowest BCUT2D eigenvalue weighted by Gasteiger charge is -2.10. The van der Waals surface area contributed by atoms with E-state index in [1.54, 1.807) is 12.1 Å². The standard InChI is InChI=1S/C20H19N3O/c1-23(2)20-12-7-15(14-21-20)5-3-4-6-17-9-8-16-13-18(24)10-11-19(16)22-17/h3-14,24H,1-2H3. The van der Waals surface area contributed by atoms with E-state index in [1.807, 2.05) is 79.8 Å². The van der Waals surface area contributed by atoms with Crippen molar-refractivity contribution in [3.05, 3.63) is 72.1 Å². The molecule has 24 heavy (non-hydrogen) atoms. The van der Waals surface area contributed by atoms with Gasteiger partial charge in [0.15, 0.2) is 0 Å². The highest BCUT2D eigenvalue weighted by molar-refractivity contribution is 5.81. The molecule has 0 aliphatic heterocycles. The molecule has 0 aliphatic carbocycles. The number of rotatable bonds is 4. The van der Waals surface area contributed by atoms with Gasteiger partial charge in [-0.1, -0.05) is 24.3 Å². The van der Waals surface area contributed by atoms with Crippen LogP contribution in [0.25, 0.3) is 23.1 Å². The molecule has 0 fully saturated rings. The fourth-order valence-electron chi connectivity index (χ4n) is 2.30. The first-order chi connectivity index (χ1) is 11.6. The molecule has 0 amide bonds. The van der Waals surface area contributed by atoms with E-state index < -0.39 is 0 Å². The number of phenols is 1. The van der Waals surface area contributed by atoms with Gasteiger partial charge in [-0.25, -0.2) is 9.97 Å². The molecule has 0 saturated heterocycles. The highest BCUT2D eigenvalue weighted by Crippen LogP contribution is 2.19. The topological polar surface area (TPSA) is 49.2 Å². The molecule has 4 nitrogen and oxygen atoms in total. The average molecular weight is 317 g/mol. The van der Waals surface area contributed by atoms with E-state index in [4.69, 9.17) is 0 Å². The number of anilines is 1. The van der Waals surface area contributed by atoms with Crippen LogP contribution in [-0.2, 0) is 0 Å². The van der Waals surface area contributed by atoms with Crippen LogP contribution in [0.5, 0.6) is 5.75 Å². The Balaban J connectivity index is 1.70. The quantitative estimate of drug-likeness (QED) is 0.735. The van der Waals surface area contributed by atoms with Gasteiger partial charge in [0.2, 0.25) is 0 Å². The normalized spacial score (nSPS) is 11.6. The summed E-state index contributed by atoms with van der Waals surface area (Å²) in [6.07, 6.45) is 9.72. The van der Waals surface area contributed by atoms with Crippen molar-refractivity contribution >= 4 is 28.9 Å². The van der Waals surface area contributed by atoms with Crippen LogP contribution in [0.3, 0.4) is 0 Å². The molecule has 2 aromatic heterocycles. The maximum absolute atomic E-state index is 9.47. The number of allylic oxidation sites excluding steroid dienone is 2. The fourth-order valence-corrected chi connectivity index (χ4v) is 2.30. The first-order valence-electron chi connectivity index (χ1n) is 7.70. The lowest BCUT2D eigenvalue weighted by Crippen LogP contribution is -2.09. The molecule has 1 aromatic carbocycles. The molecular formula is C20H19N3O. The van der Waals surface area contributed by atoms with Crippen molar-refractivity contribution in [1.82, 2.24) is 9.97 Å². The van der Waals surface area contributed by atoms with Crippen molar-refractivity contribution < 1.29 is 5.11 Å². The van der Waals surface area contributed by atoms with Gasteiger partial charge in [-0.05, 0) is 48.0 Å². The lowest BCUT2D eigenvalue weighted by molar-refractivity contribution is 0.476. The van der Waals surface area contributed by atoms with Gasteiger partial charge in [0.05, 0.1) is 11.2 Å². The van der Waals surface area contributed by atoms with Crippen molar-refractivity contribution in [3.8, 4) is 5.75 Å². The van der Waals surface area contributed by atoms with Crippen LogP contribution in [0.4, 0.5) is 5.82 Å². The van der Waals surface area contributed by atoms with Crippen molar-refractivity contribution in [2.75, 3.05) is 19.0 Å². The molecule has 0 radical (unpaired) electrons. The Morgan fingerprint density at radius 3 is 2.54 bits per heavy atom. The molecule has 2 heterocycles. The smallest absolute Gasteiger partial charge is 0.127 e. The maximum Gasteiger partial charge on any atom is 0.127 e. The molecule has 0 unspecified atom stereocenters. The predicted octanol–water partition coefficient (Wildman–Crippen LogP) is 4.13. The number of fused-ring (bicyclic) bond motifs is 1. The molecule has 0 aliphatic rings. The highest BCUT2D eigenvalue weighted by atomic mass is 16.3. The van der Waals surface area contributed by atoms with E-state index in [1.165, 1.54) is 0 Å². The van der Waals surface area contributed by atoms with Crippen molar-refractivity contribution in [2.45, 2.75) is 0 Å². The third-order valence-electron chi connectivity index (χ3n) is 3.59. The summed E-state index contributed by atoms with van der Waals surface area (Å²) >= 11 is 0. The van der Waals surface area contributed by atoms with Crippen LogP contribution in [0.1, 0.15) is 11.3 Å². The number of phenolic OH excluding ortho intramolecular Hbond substituents is 1. The largest absolute Gasteiger partial charge is 0.508 e. The Labute approximate surface area is 141 Å². The Hall–Kier alpha value is -3.14. The molecule has 120 valence electrons. The second kappa shape index (κ2) is 6.96. The number of hydrogen-bond acceptors (Lipinski definition) is 4. The molecule has 3 rings (SSSR count). The number of benzene rings is 1. The summed E-state index contributed by atoms with van der Waals surface area (Å²) in [6.45, 7) is 0. The Bertz CT molecular complexity index is 896. The van der Waals surface area contributed by atoms with Crippen LogP contribution in [0, 0.1) is 0 Å². The number of pyridine rings is 2. The zero-order valence-electron chi connectivity index (χ0n) is 13.7. The summed E-state index contributed by atoms with van der Waals surface area (Å²) in [5.74, 6) is 1.19. The first kappa shape index (κ1) is 15.7. The maximum atomic E-state index is 9.47. The van der Waals surface area contributed by atoms with Gasteiger partial charge in [0.1, 0.15) is 11.6 Å². The van der Waals surface area contributed by atoms with E-state index in [9.17, 15) is 5.11 Å². The van der Waals surface area contributed by atoms with Gasteiger partial charge in [-0.3, -0.25) is 0 Å². The van der Waals surface area contributed by atoms with Crippen LogP contribution < -0.4 is 4.90 Å². The predicted molar refractivity (Wildman–Crippen MR) is 100 cm³/mol. The minimum atomic E-state index is 0.254. The zero-order valence-corrected chi connectivity index (χ0v) is 13.7. The number of nitrogens with zero attached hydrogens (tertiary/aromatic N) is 3. The average Bonchev–Trinajstić information content (AvgIpc) is 2.59. The summed E-state index contributed by atoms with van der Waals surface area (Å²) in [4.78, 5) is 10.9. The van der Waals surface area contributed by atoms with E-state index in [-0.39, 0.29) is 5.75 Å². The van der Waals surface area contributed by atoms with Crippen LogP contribution in [0.15, 0.2) is 60.8 Å². The monoisotopic (exact) mass is 317 g/mol. The Morgan fingerprint density at radius 1 is 0.958 bits per heavy atom. The third-order valence-corrected chi connectivity index (χ3v) is 3.59. The number of aromatic hydroxyl groups is 1. The summed E-state index contributed by atoms with van der Waals surface area (Å²) in [6, 6.07) is 13.1. The highest BCUT2D eigenvalue weighted by Gasteiger charge is 1.97. The zero-order chi connectivity index (χ0) is 16.9. The Kier molecular flexibility index (Phi) is 4.57. The molecular weight excluding hydrogens is 298 g/mol. The lowest BCUT2D eigenvalue weighted by atomic mass is 10.2. The van der Waals surface area contributed by atoms with E-state index in [0.29, 0.717) is 0 Å². The molecule has 0 saturated carbocycles. The fraction of sp³-hybridized carbons (Fsp3) is 0.100. The first-order valence-corrected chi connectivity index (χ1v) is 7.70. The van der Waals surface area contributed by atoms with Gasteiger partial charge < -0.3 is 10.0 Å².